The maximum Gasteiger partial charge on any atom is 0.408 e. The van der Waals surface area contributed by atoms with Gasteiger partial charge < -0.3 is 20.3 Å². The van der Waals surface area contributed by atoms with E-state index < -0.39 is 29.3 Å². The summed E-state index contributed by atoms with van der Waals surface area (Å²) in [5, 5.41) is 5.68. The lowest BCUT2D eigenvalue weighted by Gasteiger charge is -2.39. The largest absolute Gasteiger partial charge is 0.444 e. The Bertz CT molecular complexity index is 852. The zero-order valence-corrected chi connectivity index (χ0v) is 22.3. The van der Waals surface area contributed by atoms with Crippen LogP contribution in [0.4, 0.5) is 4.79 Å². The third-order valence-electron chi connectivity index (χ3n) is 5.39. The molecule has 2 N–H and O–H groups in total. The van der Waals surface area contributed by atoms with Crippen LogP contribution in [-0.4, -0.2) is 46.0 Å². The molecule has 3 amide bonds. The minimum atomic E-state index is -0.871. The van der Waals surface area contributed by atoms with Gasteiger partial charge in [-0.2, -0.15) is 0 Å². The topological polar surface area (TPSA) is 87.7 Å². The Labute approximate surface area is 199 Å². The lowest BCUT2D eigenvalue weighted by molar-refractivity contribution is -0.145. The Kier molecular flexibility index (Phi) is 9.52. The molecule has 0 aliphatic rings. The number of hydrogen-bond acceptors (Lipinski definition) is 4. The van der Waals surface area contributed by atoms with Gasteiger partial charge in [-0.25, -0.2) is 4.79 Å². The fourth-order valence-corrected chi connectivity index (χ4v) is 3.49. The minimum Gasteiger partial charge on any atom is -0.444 e. The number of nitrogens with zero attached hydrogens (tertiary/aromatic N) is 1. The van der Waals surface area contributed by atoms with Gasteiger partial charge in [0.15, 0.2) is 0 Å². The van der Waals surface area contributed by atoms with E-state index in [1.165, 1.54) is 0 Å². The lowest BCUT2D eigenvalue weighted by atomic mass is 9.93. The molecule has 7 nitrogen and oxygen atoms in total. The van der Waals surface area contributed by atoms with Crippen LogP contribution in [0.2, 0.25) is 0 Å². The average Bonchev–Trinajstić information content (AvgIpc) is 2.64. The van der Waals surface area contributed by atoms with E-state index in [1.54, 1.807) is 32.6 Å². The molecule has 3 unspecified atom stereocenters. The standard InChI is InChI=1S/C26H43N3O4/c1-12-17(3)29(23(31)19(5)27-24(32)33-26(9,10)11)21(22(30)28-25(6,7)8)20-15-13-14-16(2)18(20)4/h13-15,17,19,21H,12H2,1-11H3,(H,27,32)(H,28,30). The highest BCUT2D eigenvalue weighted by Gasteiger charge is 2.38. The molecule has 0 fully saturated rings. The third kappa shape index (κ3) is 8.37. The summed E-state index contributed by atoms with van der Waals surface area (Å²) in [5.74, 6) is -0.598. The van der Waals surface area contributed by atoms with Gasteiger partial charge >= 0.3 is 6.09 Å². The van der Waals surface area contributed by atoms with Crippen LogP contribution >= 0.6 is 0 Å². The number of aryl methyl sites for hydroxylation is 1. The molecule has 0 radical (unpaired) electrons. The van der Waals surface area contributed by atoms with Gasteiger partial charge in [0.1, 0.15) is 17.7 Å². The molecule has 0 aromatic heterocycles. The zero-order chi connectivity index (χ0) is 25.7. The van der Waals surface area contributed by atoms with Gasteiger partial charge in [-0.1, -0.05) is 25.1 Å². The normalized spacial score (nSPS) is 14.6. The lowest BCUT2D eigenvalue weighted by Crippen LogP contribution is -2.56. The van der Waals surface area contributed by atoms with Gasteiger partial charge in [0.05, 0.1) is 0 Å². The molecule has 1 rings (SSSR count). The number of hydrogen-bond donors (Lipinski definition) is 2. The smallest absolute Gasteiger partial charge is 0.408 e. The second kappa shape index (κ2) is 11.0. The van der Waals surface area contributed by atoms with Crippen LogP contribution in [0.3, 0.4) is 0 Å². The molecule has 33 heavy (non-hydrogen) atoms. The molecule has 186 valence electrons. The third-order valence-corrected chi connectivity index (χ3v) is 5.39. The van der Waals surface area contributed by atoms with E-state index in [9.17, 15) is 14.4 Å². The van der Waals surface area contributed by atoms with E-state index in [2.05, 4.69) is 10.6 Å². The number of rotatable bonds is 7. The Morgan fingerprint density at radius 3 is 2.09 bits per heavy atom. The predicted molar refractivity (Wildman–Crippen MR) is 132 cm³/mol. The summed E-state index contributed by atoms with van der Waals surface area (Å²) in [4.78, 5) is 41.2. The van der Waals surface area contributed by atoms with Crippen molar-refractivity contribution in [1.29, 1.82) is 0 Å². The number of ether oxygens (including phenoxy) is 1. The Balaban J connectivity index is 3.48. The Hall–Kier alpha value is -2.57. The van der Waals surface area contributed by atoms with E-state index in [-0.39, 0.29) is 17.9 Å². The summed E-state index contributed by atoms with van der Waals surface area (Å²) in [6.45, 7) is 20.5. The molecule has 1 aromatic carbocycles. The Morgan fingerprint density at radius 2 is 1.61 bits per heavy atom. The summed E-state index contributed by atoms with van der Waals surface area (Å²) in [6.07, 6.45) is -0.0235. The average molecular weight is 462 g/mol. The number of nitrogens with one attached hydrogen (secondary N) is 2. The SMILES string of the molecule is CCC(C)N(C(=O)C(C)NC(=O)OC(C)(C)C)C(C(=O)NC(C)(C)C)c1cccc(C)c1C. The molecular formula is C26H43N3O4. The van der Waals surface area contributed by atoms with Gasteiger partial charge in [0.2, 0.25) is 11.8 Å². The van der Waals surface area contributed by atoms with Gasteiger partial charge in [-0.3, -0.25) is 9.59 Å². The second-order valence-corrected chi connectivity index (χ2v) is 10.8. The van der Waals surface area contributed by atoms with Crippen LogP contribution in [0.15, 0.2) is 18.2 Å². The molecular weight excluding hydrogens is 418 g/mol. The summed E-state index contributed by atoms with van der Waals surface area (Å²) in [6, 6.07) is 3.83. The van der Waals surface area contributed by atoms with Crippen LogP contribution in [0.1, 0.15) is 91.5 Å². The van der Waals surface area contributed by atoms with Gasteiger partial charge in [0, 0.05) is 11.6 Å². The summed E-state index contributed by atoms with van der Waals surface area (Å²) in [7, 11) is 0. The van der Waals surface area contributed by atoms with Crippen molar-refractivity contribution in [2.24, 2.45) is 0 Å². The van der Waals surface area contributed by atoms with Gasteiger partial charge in [-0.15, -0.1) is 0 Å². The van der Waals surface area contributed by atoms with E-state index in [0.29, 0.717) is 6.42 Å². The number of alkyl carbamates (subject to hydrolysis) is 1. The fourth-order valence-electron chi connectivity index (χ4n) is 3.49. The molecule has 0 spiro atoms. The number of benzene rings is 1. The molecule has 3 atom stereocenters. The molecule has 1 aromatic rings. The molecule has 0 bridgehead atoms. The van der Waals surface area contributed by atoms with E-state index >= 15 is 0 Å². The predicted octanol–water partition coefficient (Wildman–Crippen LogP) is 4.80. The number of amides is 3. The first kappa shape index (κ1) is 28.5. The highest BCUT2D eigenvalue weighted by atomic mass is 16.6. The van der Waals surface area contributed by atoms with Crippen molar-refractivity contribution < 1.29 is 19.1 Å². The van der Waals surface area contributed by atoms with Crippen molar-refractivity contribution in [2.45, 2.75) is 112 Å². The maximum absolute atomic E-state index is 13.7. The van der Waals surface area contributed by atoms with Crippen LogP contribution in [0.5, 0.6) is 0 Å². The molecule has 0 aliphatic heterocycles. The highest BCUT2D eigenvalue weighted by molar-refractivity contribution is 5.92. The quantitative estimate of drug-likeness (QED) is 0.611. The molecule has 7 heteroatoms. The van der Waals surface area contributed by atoms with Crippen molar-refractivity contribution in [3.05, 3.63) is 34.9 Å². The summed E-state index contributed by atoms with van der Waals surface area (Å²) in [5.41, 5.74) is 1.61. The highest BCUT2D eigenvalue weighted by Crippen LogP contribution is 2.30. The number of carbonyl (C=O) groups excluding carboxylic acids is 3. The minimum absolute atomic E-state index is 0.240. The first-order valence-electron chi connectivity index (χ1n) is 11.7. The van der Waals surface area contributed by atoms with Crippen molar-refractivity contribution in [2.75, 3.05) is 0 Å². The number of carbonyl (C=O) groups is 3. The van der Waals surface area contributed by atoms with Crippen molar-refractivity contribution in [1.82, 2.24) is 15.5 Å². The molecule has 0 saturated carbocycles. The fraction of sp³-hybridized carbons (Fsp3) is 0.654. The van der Waals surface area contributed by atoms with E-state index in [4.69, 9.17) is 4.74 Å². The first-order chi connectivity index (χ1) is 15.0. The second-order valence-electron chi connectivity index (χ2n) is 10.8. The molecule has 0 heterocycles. The summed E-state index contributed by atoms with van der Waals surface area (Å²) < 4.78 is 5.32. The monoisotopic (exact) mass is 461 g/mol. The van der Waals surface area contributed by atoms with Crippen molar-refractivity contribution in [3.63, 3.8) is 0 Å². The van der Waals surface area contributed by atoms with E-state index in [0.717, 1.165) is 16.7 Å². The van der Waals surface area contributed by atoms with Crippen molar-refractivity contribution >= 4 is 17.9 Å². The van der Waals surface area contributed by atoms with Crippen LogP contribution < -0.4 is 10.6 Å². The van der Waals surface area contributed by atoms with Crippen molar-refractivity contribution in [3.8, 4) is 0 Å². The van der Waals surface area contributed by atoms with Crippen LogP contribution in [0, 0.1) is 13.8 Å². The van der Waals surface area contributed by atoms with Crippen LogP contribution in [-0.2, 0) is 14.3 Å². The van der Waals surface area contributed by atoms with Gasteiger partial charge in [-0.05, 0) is 92.3 Å². The molecule has 0 aliphatic carbocycles. The first-order valence-corrected chi connectivity index (χ1v) is 11.7. The maximum atomic E-state index is 13.7. The van der Waals surface area contributed by atoms with Gasteiger partial charge in [0.25, 0.3) is 0 Å². The summed E-state index contributed by atoms with van der Waals surface area (Å²) >= 11 is 0. The Morgan fingerprint density at radius 1 is 1.03 bits per heavy atom. The van der Waals surface area contributed by atoms with E-state index in [1.807, 2.05) is 66.7 Å². The van der Waals surface area contributed by atoms with Crippen LogP contribution in [0.25, 0.3) is 0 Å². The molecule has 0 saturated heterocycles. The zero-order valence-electron chi connectivity index (χ0n) is 22.3.